The third-order valence-corrected chi connectivity index (χ3v) is 5.95. The highest BCUT2D eigenvalue weighted by Crippen LogP contribution is 2.27. The summed E-state index contributed by atoms with van der Waals surface area (Å²) in [5.41, 5.74) is 0.130. The van der Waals surface area contributed by atoms with Crippen molar-refractivity contribution in [2.45, 2.75) is 112 Å². The predicted molar refractivity (Wildman–Crippen MR) is 172 cm³/mol. The number of aromatic nitrogens is 2. The van der Waals surface area contributed by atoms with Crippen LogP contribution in [0.2, 0.25) is 0 Å². The van der Waals surface area contributed by atoms with Crippen LogP contribution in [0.25, 0.3) is 0 Å². The lowest BCUT2D eigenvalue weighted by Crippen LogP contribution is -2.53. The van der Waals surface area contributed by atoms with Gasteiger partial charge >= 0.3 is 5.97 Å². The minimum absolute atomic E-state index is 0.0147. The van der Waals surface area contributed by atoms with Gasteiger partial charge in [-0.2, -0.15) is 12.6 Å². The maximum absolute atomic E-state index is 13.0. The van der Waals surface area contributed by atoms with Crippen molar-refractivity contribution >= 4 is 36.3 Å². The maximum Gasteiger partial charge on any atom is 0.328 e. The van der Waals surface area contributed by atoms with E-state index in [0.717, 1.165) is 38.0 Å². The van der Waals surface area contributed by atoms with Crippen LogP contribution in [0.15, 0.2) is 18.6 Å². The van der Waals surface area contributed by atoms with Crippen molar-refractivity contribution in [2.75, 3.05) is 26.5 Å². The summed E-state index contributed by atoms with van der Waals surface area (Å²) in [4.78, 5) is 59.4. The van der Waals surface area contributed by atoms with Crippen molar-refractivity contribution in [3.05, 3.63) is 24.3 Å². The van der Waals surface area contributed by atoms with Gasteiger partial charge in [0.1, 0.15) is 17.8 Å². The van der Waals surface area contributed by atoms with Crippen LogP contribution in [0.3, 0.4) is 0 Å². The van der Waals surface area contributed by atoms with Gasteiger partial charge in [0.25, 0.3) is 5.91 Å². The van der Waals surface area contributed by atoms with Crippen molar-refractivity contribution < 1.29 is 23.9 Å². The zero-order chi connectivity index (χ0) is 32.5. The van der Waals surface area contributed by atoms with Crippen LogP contribution in [-0.2, 0) is 19.1 Å². The van der Waals surface area contributed by atoms with Crippen LogP contribution in [0.1, 0.15) is 110 Å². The first-order valence-corrected chi connectivity index (χ1v) is 16.2. The molecular formula is C31H57N5O5S. The van der Waals surface area contributed by atoms with E-state index in [0.29, 0.717) is 19.4 Å². The third-order valence-electron chi connectivity index (χ3n) is 5.95. The minimum Gasteiger partial charge on any atom is -0.467 e. The summed E-state index contributed by atoms with van der Waals surface area (Å²) in [6, 6.07) is -1.38. The molecule has 2 fully saturated rings. The van der Waals surface area contributed by atoms with Crippen LogP contribution in [0.5, 0.6) is 0 Å². The van der Waals surface area contributed by atoms with E-state index in [1.165, 1.54) is 37.0 Å². The van der Waals surface area contributed by atoms with E-state index in [2.05, 4.69) is 67.8 Å². The summed E-state index contributed by atoms with van der Waals surface area (Å²) in [6.07, 6.45) is 13.1. The molecule has 10 nitrogen and oxygen atoms in total. The van der Waals surface area contributed by atoms with E-state index in [1.54, 1.807) is 6.26 Å². The van der Waals surface area contributed by atoms with Crippen molar-refractivity contribution in [3.63, 3.8) is 0 Å². The Kier molecular flexibility index (Phi) is 25.6. The molecule has 3 rings (SSSR count). The Bertz CT molecular complexity index is 864. The Labute approximate surface area is 260 Å². The normalized spacial score (nSPS) is 16.4. The number of amides is 3. The number of thiol groups is 1. The summed E-state index contributed by atoms with van der Waals surface area (Å²) in [5, 5.41) is 5.44. The van der Waals surface area contributed by atoms with E-state index >= 15 is 0 Å². The number of nitrogens with zero attached hydrogens (tertiary/aromatic N) is 3. The predicted octanol–water partition coefficient (Wildman–Crippen LogP) is 5.09. The first-order valence-electron chi connectivity index (χ1n) is 15.3. The van der Waals surface area contributed by atoms with Crippen LogP contribution < -0.4 is 10.6 Å². The fourth-order valence-electron chi connectivity index (χ4n) is 4.32. The summed E-state index contributed by atoms with van der Waals surface area (Å²) >= 11 is 3.53. The van der Waals surface area contributed by atoms with Crippen molar-refractivity contribution in [1.29, 1.82) is 0 Å². The van der Waals surface area contributed by atoms with Crippen LogP contribution in [0.4, 0.5) is 0 Å². The highest BCUT2D eigenvalue weighted by atomic mass is 32.1. The number of rotatable bonds is 7. The van der Waals surface area contributed by atoms with Gasteiger partial charge in [-0.3, -0.25) is 19.4 Å². The second kappa shape index (κ2) is 26.0. The van der Waals surface area contributed by atoms with Crippen molar-refractivity contribution in [1.82, 2.24) is 25.5 Å². The third kappa shape index (κ3) is 16.7. The number of esters is 1. The summed E-state index contributed by atoms with van der Waals surface area (Å²) in [5.74, 6) is -0.863. The fraction of sp³-hybridized carbons (Fsp3) is 0.742. The quantitative estimate of drug-likeness (QED) is 0.289. The van der Waals surface area contributed by atoms with Crippen molar-refractivity contribution in [2.24, 2.45) is 11.8 Å². The molecule has 1 aliphatic heterocycles. The topological polar surface area (TPSA) is 131 Å². The lowest BCUT2D eigenvalue weighted by molar-refractivity contribution is -0.150. The zero-order valence-electron chi connectivity index (χ0n) is 27.4. The molecule has 2 aliphatic rings. The molecule has 2 heterocycles. The first kappa shape index (κ1) is 41.4. The van der Waals surface area contributed by atoms with E-state index in [9.17, 15) is 19.2 Å². The molecule has 11 heteroatoms. The minimum atomic E-state index is -0.766. The van der Waals surface area contributed by atoms with E-state index in [1.807, 2.05) is 13.8 Å². The largest absolute Gasteiger partial charge is 0.467 e. The van der Waals surface area contributed by atoms with E-state index in [-0.39, 0.29) is 24.1 Å². The molecule has 242 valence electrons. The second-order valence-electron chi connectivity index (χ2n) is 10.4. The molecular weight excluding hydrogens is 554 g/mol. The average Bonchev–Trinajstić information content (AvgIpc) is 3.51. The Morgan fingerprint density at radius 2 is 1.57 bits per heavy atom. The van der Waals surface area contributed by atoms with Gasteiger partial charge < -0.3 is 20.3 Å². The highest BCUT2D eigenvalue weighted by molar-refractivity contribution is 7.79. The lowest BCUT2D eigenvalue weighted by atomic mass is 9.83. The smallest absolute Gasteiger partial charge is 0.328 e. The molecule has 0 spiro atoms. The molecule has 1 aromatic heterocycles. The number of nitrogens with one attached hydrogen (secondary N) is 2. The van der Waals surface area contributed by atoms with Crippen LogP contribution in [0, 0.1) is 11.8 Å². The van der Waals surface area contributed by atoms with Gasteiger partial charge in [-0.25, -0.2) is 9.78 Å². The number of hydrogen-bond acceptors (Lipinski definition) is 8. The molecule has 2 atom stereocenters. The van der Waals surface area contributed by atoms with Gasteiger partial charge in [0.2, 0.25) is 11.8 Å². The fourth-order valence-corrected chi connectivity index (χ4v) is 4.32. The molecule has 2 unspecified atom stereocenters. The van der Waals surface area contributed by atoms with Gasteiger partial charge in [0, 0.05) is 18.9 Å². The molecule has 1 saturated carbocycles. The molecule has 1 aliphatic carbocycles. The lowest BCUT2D eigenvalue weighted by Gasteiger charge is -2.30. The molecule has 0 radical (unpaired) electrons. The molecule has 1 saturated heterocycles. The van der Waals surface area contributed by atoms with Gasteiger partial charge in [-0.15, -0.1) is 0 Å². The number of hydrogen-bond donors (Lipinski definition) is 3. The Hall–Kier alpha value is -2.69. The summed E-state index contributed by atoms with van der Waals surface area (Å²) in [6.45, 7) is 15.0. The van der Waals surface area contributed by atoms with Gasteiger partial charge in [-0.05, 0) is 43.8 Å². The highest BCUT2D eigenvalue weighted by Gasteiger charge is 2.36. The second-order valence-corrected chi connectivity index (χ2v) is 10.4. The van der Waals surface area contributed by atoms with E-state index < -0.39 is 29.9 Å². The molecule has 1 aromatic rings. The molecule has 3 amide bonds. The average molecular weight is 612 g/mol. The number of ether oxygens (including phenoxy) is 1. The zero-order valence-corrected chi connectivity index (χ0v) is 28.3. The number of carbonyl (C=O) groups excluding carboxylic acids is 4. The Morgan fingerprint density at radius 3 is 2.07 bits per heavy atom. The number of likely N-dealkylation sites (tertiary alicyclic amines) is 1. The Balaban J connectivity index is 0. The van der Waals surface area contributed by atoms with Gasteiger partial charge in [0.05, 0.1) is 19.9 Å². The maximum atomic E-state index is 13.0. The van der Waals surface area contributed by atoms with Gasteiger partial charge in [0.15, 0.2) is 0 Å². The Morgan fingerprint density at radius 1 is 1.00 bits per heavy atom. The molecule has 0 aromatic carbocycles. The van der Waals surface area contributed by atoms with Crippen LogP contribution in [-0.4, -0.2) is 77.1 Å². The van der Waals surface area contributed by atoms with Gasteiger partial charge in [-0.1, -0.05) is 74.1 Å². The van der Waals surface area contributed by atoms with Crippen LogP contribution >= 0.6 is 12.6 Å². The molecule has 42 heavy (non-hydrogen) atoms. The number of methoxy groups -OCH3 is 1. The summed E-state index contributed by atoms with van der Waals surface area (Å²) in [7, 11) is 1.29. The number of carbonyl (C=O) groups is 4. The summed E-state index contributed by atoms with van der Waals surface area (Å²) < 4.78 is 4.76. The van der Waals surface area contributed by atoms with E-state index in [4.69, 9.17) is 4.74 Å². The molecule has 0 bridgehead atoms. The SMILES string of the molecule is CC.CC(C)C.CCC.COC(=O)C1CCCN1C(=O)CNC(=O)C(NC(=O)c1cnccn1)C1CCCCC1.CS. The standard InChI is InChI=1S/C21H29N5O5.C4H10.C3H8.C2H6.CH4S/c1-31-21(30)16-8-5-11-26(16)17(27)13-24-20(29)18(14-6-3-2-4-7-14)25-19(28)15-12-22-9-10-23-15;1-4(2)3;1-3-2;2*1-2/h9-10,12,14,16,18H,2-8,11,13H2,1H3,(H,24,29)(H,25,28);4H,1-3H3;3H2,1-2H3;1-2H3;2H,1H3. The molecule has 2 N–H and O–H groups in total. The van der Waals surface area contributed by atoms with Crippen molar-refractivity contribution in [3.8, 4) is 0 Å². The monoisotopic (exact) mass is 611 g/mol. The first-order chi connectivity index (χ1) is 20.2.